The first kappa shape index (κ1) is 14.1. The Hall–Kier alpha value is -1.33. The molecule has 4 nitrogen and oxygen atoms in total. The van der Waals surface area contributed by atoms with Gasteiger partial charge in [0.05, 0.1) is 17.2 Å². The van der Waals surface area contributed by atoms with Crippen molar-refractivity contribution >= 4 is 23.3 Å². The highest BCUT2D eigenvalue weighted by molar-refractivity contribution is 6.31. The Morgan fingerprint density at radius 1 is 1.58 bits per heavy atom. The van der Waals surface area contributed by atoms with Crippen LogP contribution >= 0.6 is 11.6 Å². The molecule has 1 saturated heterocycles. The van der Waals surface area contributed by atoms with Crippen molar-refractivity contribution in [2.24, 2.45) is 0 Å². The molecular formula is C13H16ClFN2O2. The van der Waals surface area contributed by atoms with Crippen molar-refractivity contribution in [1.29, 1.82) is 0 Å². The van der Waals surface area contributed by atoms with Gasteiger partial charge in [0, 0.05) is 12.3 Å². The normalized spacial score (nSPS) is 20.1. The predicted molar refractivity (Wildman–Crippen MR) is 72.0 cm³/mol. The lowest BCUT2D eigenvalue weighted by molar-refractivity contribution is 0.0868. The number of ether oxygens (including phenoxy) is 1. The maximum Gasteiger partial charge on any atom is 0.319 e. The first-order chi connectivity index (χ1) is 9.06. The van der Waals surface area contributed by atoms with E-state index < -0.39 is 5.82 Å². The van der Waals surface area contributed by atoms with Crippen molar-refractivity contribution in [3.63, 3.8) is 0 Å². The van der Waals surface area contributed by atoms with Gasteiger partial charge in [0.1, 0.15) is 5.82 Å². The molecule has 0 spiro atoms. The summed E-state index contributed by atoms with van der Waals surface area (Å²) in [5.74, 6) is -0.514. The lowest BCUT2D eigenvalue weighted by Crippen LogP contribution is -2.42. The maximum atomic E-state index is 13.0. The monoisotopic (exact) mass is 286 g/mol. The standard InChI is InChI=1S/C13H16ClFN2O2/c1-8(12-3-2-6-19-12)16-13(18)17-9-4-5-11(15)10(14)7-9/h4-5,7-8,12H,2-3,6H2,1H3,(H2,16,17,18). The van der Waals surface area contributed by atoms with Crippen molar-refractivity contribution in [2.75, 3.05) is 11.9 Å². The molecule has 104 valence electrons. The fourth-order valence-electron chi connectivity index (χ4n) is 2.04. The number of anilines is 1. The van der Waals surface area contributed by atoms with Crippen LogP contribution in [0.2, 0.25) is 5.02 Å². The van der Waals surface area contributed by atoms with Crippen LogP contribution in [0, 0.1) is 5.82 Å². The highest BCUT2D eigenvalue weighted by Crippen LogP contribution is 2.19. The molecule has 2 rings (SSSR count). The Labute approximate surface area is 116 Å². The summed E-state index contributed by atoms with van der Waals surface area (Å²) in [4.78, 5) is 11.8. The topological polar surface area (TPSA) is 50.4 Å². The van der Waals surface area contributed by atoms with Crippen LogP contribution in [0.25, 0.3) is 0 Å². The van der Waals surface area contributed by atoms with Crippen molar-refractivity contribution < 1.29 is 13.9 Å². The van der Waals surface area contributed by atoms with E-state index in [0.29, 0.717) is 5.69 Å². The molecule has 2 atom stereocenters. The molecule has 1 aromatic rings. The van der Waals surface area contributed by atoms with E-state index in [0.717, 1.165) is 19.4 Å². The van der Waals surface area contributed by atoms with Gasteiger partial charge in [-0.05, 0) is 38.0 Å². The molecule has 1 aliphatic rings. The van der Waals surface area contributed by atoms with Gasteiger partial charge >= 0.3 is 6.03 Å². The second-order valence-electron chi connectivity index (χ2n) is 4.57. The molecule has 0 bridgehead atoms. The summed E-state index contributed by atoms with van der Waals surface area (Å²) >= 11 is 5.64. The van der Waals surface area contributed by atoms with E-state index in [9.17, 15) is 9.18 Å². The average molecular weight is 287 g/mol. The Balaban J connectivity index is 1.88. The van der Waals surface area contributed by atoms with Gasteiger partial charge in [-0.2, -0.15) is 0 Å². The number of hydrogen-bond donors (Lipinski definition) is 2. The molecule has 0 saturated carbocycles. The van der Waals surface area contributed by atoms with Gasteiger partial charge in [0.15, 0.2) is 0 Å². The molecule has 0 aromatic heterocycles. The Kier molecular flexibility index (Phi) is 4.61. The molecule has 6 heteroatoms. The SMILES string of the molecule is CC(NC(=O)Nc1ccc(F)c(Cl)c1)C1CCCO1. The summed E-state index contributed by atoms with van der Waals surface area (Å²) in [6.45, 7) is 2.64. The molecule has 1 aromatic carbocycles. The first-order valence-electron chi connectivity index (χ1n) is 6.20. The first-order valence-corrected chi connectivity index (χ1v) is 6.58. The summed E-state index contributed by atoms with van der Waals surface area (Å²) in [5, 5.41) is 5.38. The second-order valence-corrected chi connectivity index (χ2v) is 4.97. The van der Waals surface area contributed by atoms with Crippen molar-refractivity contribution in [2.45, 2.75) is 31.9 Å². The maximum absolute atomic E-state index is 13.0. The van der Waals surface area contributed by atoms with Gasteiger partial charge in [-0.1, -0.05) is 11.6 Å². The number of carbonyl (C=O) groups is 1. The zero-order chi connectivity index (χ0) is 13.8. The molecule has 2 amide bonds. The van der Waals surface area contributed by atoms with Crippen LogP contribution in [-0.4, -0.2) is 24.8 Å². The number of amides is 2. The minimum Gasteiger partial charge on any atom is -0.376 e. The quantitative estimate of drug-likeness (QED) is 0.897. The largest absolute Gasteiger partial charge is 0.376 e. The van der Waals surface area contributed by atoms with Crippen molar-refractivity contribution in [3.05, 3.63) is 29.0 Å². The Bertz CT molecular complexity index is 464. The molecule has 2 N–H and O–H groups in total. The molecule has 19 heavy (non-hydrogen) atoms. The molecular weight excluding hydrogens is 271 g/mol. The number of benzene rings is 1. The average Bonchev–Trinajstić information content (AvgIpc) is 2.87. The van der Waals surface area contributed by atoms with Gasteiger partial charge in [0.25, 0.3) is 0 Å². The smallest absolute Gasteiger partial charge is 0.319 e. The fourth-order valence-corrected chi connectivity index (χ4v) is 2.22. The Morgan fingerprint density at radius 3 is 3.00 bits per heavy atom. The van der Waals surface area contributed by atoms with Crippen LogP contribution in [0.15, 0.2) is 18.2 Å². The highest BCUT2D eigenvalue weighted by atomic mass is 35.5. The Morgan fingerprint density at radius 2 is 2.37 bits per heavy atom. The van der Waals surface area contributed by atoms with Crippen LogP contribution in [0.3, 0.4) is 0 Å². The zero-order valence-corrected chi connectivity index (χ0v) is 11.3. The number of rotatable bonds is 3. The van der Waals surface area contributed by atoms with E-state index >= 15 is 0 Å². The predicted octanol–water partition coefficient (Wildman–Crippen LogP) is 3.17. The summed E-state index contributed by atoms with van der Waals surface area (Å²) in [6, 6.07) is 3.61. The van der Waals surface area contributed by atoms with Gasteiger partial charge in [-0.25, -0.2) is 9.18 Å². The summed E-state index contributed by atoms with van der Waals surface area (Å²) in [6.07, 6.45) is 2.03. The minimum atomic E-state index is -0.514. The lowest BCUT2D eigenvalue weighted by atomic mass is 10.1. The molecule has 1 fully saturated rings. The van der Waals surface area contributed by atoms with Gasteiger partial charge in [-0.15, -0.1) is 0 Å². The molecule has 1 heterocycles. The molecule has 0 aliphatic carbocycles. The van der Waals surface area contributed by atoms with Crippen molar-refractivity contribution in [1.82, 2.24) is 5.32 Å². The van der Waals surface area contributed by atoms with Gasteiger partial charge < -0.3 is 15.4 Å². The number of carbonyl (C=O) groups excluding carboxylic acids is 1. The van der Waals surface area contributed by atoms with Crippen LogP contribution in [0.5, 0.6) is 0 Å². The van der Waals surface area contributed by atoms with E-state index in [1.165, 1.54) is 18.2 Å². The van der Waals surface area contributed by atoms with Crippen LogP contribution < -0.4 is 10.6 Å². The van der Waals surface area contributed by atoms with E-state index in [2.05, 4.69) is 10.6 Å². The van der Waals surface area contributed by atoms with Crippen molar-refractivity contribution in [3.8, 4) is 0 Å². The molecule has 1 aliphatic heterocycles. The number of nitrogens with one attached hydrogen (secondary N) is 2. The number of hydrogen-bond acceptors (Lipinski definition) is 2. The summed E-state index contributed by atoms with van der Waals surface area (Å²) < 4.78 is 18.5. The third kappa shape index (κ3) is 3.81. The van der Waals surface area contributed by atoms with E-state index in [4.69, 9.17) is 16.3 Å². The third-order valence-corrected chi connectivity index (χ3v) is 3.35. The van der Waals surface area contributed by atoms with Crippen LogP contribution in [0.4, 0.5) is 14.9 Å². The lowest BCUT2D eigenvalue weighted by Gasteiger charge is -2.20. The molecule has 0 radical (unpaired) electrons. The third-order valence-electron chi connectivity index (χ3n) is 3.06. The number of urea groups is 1. The minimum absolute atomic E-state index is 0.0232. The highest BCUT2D eigenvalue weighted by Gasteiger charge is 2.23. The zero-order valence-electron chi connectivity index (χ0n) is 10.6. The second kappa shape index (κ2) is 6.21. The summed E-state index contributed by atoms with van der Waals surface area (Å²) in [7, 11) is 0. The molecule has 2 unspecified atom stereocenters. The van der Waals surface area contributed by atoms with E-state index in [-0.39, 0.29) is 23.2 Å². The number of halogens is 2. The van der Waals surface area contributed by atoms with Gasteiger partial charge in [-0.3, -0.25) is 0 Å². The van der Waals surface area contributed by atoms with Crippen LogP contribution in [-0.2, 0) is 4.74 Å². The van der Waals surface area contributed by atoms with E-state index in [1.54, 1.807) is 0 Å². The van der Waals surface area contributed by atoms with E-state index in [1.807, 2.05) is 6.92 Å². The van der Waals surface area contributed by atoms with Crippen LogP contribution in [0.1, 0.15) is 19.8 Å². The summed E-state index contributed by atoms with van der Waals surface area (Å²) in [5.41, 5.74) is 0.448. The fraction of sp³-hybridized carbons (Fsp3) is 0.462. The van der Waals surface area contributed by atoms with Gasteiger partial charge in [0.2, 0.25) is 0 Å².